The molecule has 0 bridgehead atoms. The summed E-state index contributed by atoms with van der Waals surface area (Å²) in [5, 5.41) is 3.06. The average Bonchev–Trinajstić information content (AvgIpc) is 2.95. The first kappa shape index (κ1) is 14.2. The number of amides is 2. The third-order valence-electron chi connectivity index (χ3n) is 4.55. The lowest BCUT2D eigenvalue weighted by Gasteiger charge is -2.35. The van der Waals surface area contributed by atoms with E-state index in [-0.39, 0.29) is 12.1 Å². The molecule has 2 atom stereocenters. The number of urea groups is 1. The minimum atomic E-state index is 0.0659. The zero-order valence-corrected chi connectivity index (χ0v) is 12.7. The van der Waals surface area contributed by atoms with Crippen molar-refractivity contribution in [1.82, 2.24) is 10.2 Å². The molecule has 2 amide bonds. The number of nitrogens with zero attached hydrogens (tertiary/aromatic N) is 1. The number of carbonyl (C=O) groups excluding carboxylic acids is 1. The van der Waals surface area contributed by atoms with E-state index in [1.54, 1.807) is 0 Å². The molecule has 21 heavy (non-hydrogen) atoms. The van der Waals surface area contributed by atoms with E-state index in [9.17, 15) is 4.79 Å². The second-order valence-electron chi connectivity index (χ2n) is 5.99. The fourth-order valence-electron chi connectivity index (χ4n) is 3.36. The van der Waals surface area contributed by atoms with Crippen molar-refractivity contribution < 1.29 is 9.53 Å². The first-order chi connectivity index (χ1) is 10.3. The van der Waals surface area contributed by atoms with Crippen molar-refractivity contribution in [2.45, 2.75) is 51.2 Å². The van der Waals surface area contributed by atoms with Gasteiger partial charge in [0.1, 0.15) is 11.9 Å². The number of para-hydroxylation sites is 1. The molecule has 0 spiro atoms. The van der Waals surface area contributed by atoms with Crippen molar-refractivity contribution in [1.29, 1.82) is 0 Å². The topological polar surface area (TPSA) is 41.6 Å². The predicted octanol–water partition coefficient (Wildman–Crippen LogP) is 2.96. The van der Waals surface area contributed by atoms with Crippen molar-refractivity contribution in [3.63, 3.8) is 0 Å². The summed E-state index contributed by atoms with van der Waals surface area (Å²) < 4.78 is 5.86. The smallest absolute Gasteiger partial charge is 0.317 e. The number of carbonyl (C=O) groups is 1. The molecule has 4 nitrogen and oxygen atoms in total. The Morgan fingerprint density at radius 1 is 1.38 bits per heavy atom. The van der Waals surface area contributed by atoms with Gasteiger partial charge in [-0.15, -0.1) is 0 Å². The van der Waals surface area contributed by atoms with Crippen LogP contribution in [0.1, 0.15) is 38.2 Å². The molecule has 1 saturated heterocycles. The summed E-state index contributed by atoms with van der Waals surface area (Å²) in [6.07, 6.45) is 5.48. The number of ether oxygens (including phenoxy) is 1. The van der Waals surface area contributed by atoms with Crippen LogP contribution in [0, 0.1) is 0 Å². The van der Waals surface area contributed by atoms with Crippen LogP contribution >= 0.6 is 0 Å². The van der Waals surface area contributed by atoms with Gasteiger partial charge in [-0.1, -0.05) is 25.1 Å². The molecule has 0 radical (unpaired) electrons. The van der Waals surface area contributed by atoms with Gasteiger partial charge in [0.25, 0.3) is 0 Å². The Hall–Kier alpha value is -1.71. The monoisotopic (exact) mass is 288 g/mol. The highest BCUT2D eigenvalue weighted by atomic mass is 16.5. The highest BCUT2D eigenvalue weighted by Crippen LogP contribution is 2.27. The minimum Gasteiger partial charge on any atom is -0.488 e. The van der Waals surface area contributed by atoms with Crippen LogP contribution in [-0.4, -0.2) is 36.2 Å². The summed E-state index contributed by atoms with van der Waals surface area (Å²) in [7, 11) is 0. The number of hydrogen-bond acceptors (Lipinski definition) is 2. The Morgan fingerprint density at radius 2 is 2.24 bits per heavy atom. The molecule has 0 aliphatic carbocycles. The van der Waals surface area contributed by atoms with Crippen molar-refractivity contribution >= 4 is 6.03 Å². The van der Waals surface area contributed by atoms with Crippen LogP contribution in [0.4, 0.5) is 4.79 Å². The van der Waals surface area contributed by atoms with E-state index in [4.69, 9.17) is 4.74 Å². The Labute approximate surface area is 126 Å². The van der Waals surface area contributed by atoms with Crippen LogP contribution in [0.3, 0.4) is 0 Å². The number of piperidine rings is 1. The van der Waals surface area contributed by atoms with Crippen molar-refractivity contribution in [2.24, 2.45) is 0 Å². The van der Waals surface area contributed by atoms with E-state index in [0.29, 0.717) is 12.6 Å². The lowest BCUT2D eigenvalue weighted by Crippen LogP contribution is -2.50. The first-order valence-corrected chi connectivity index (χ1v) is 8.07. The molecule has 1 fully saturated rings. The van der Waals surface area contributed by atoms with E-state index in [0.717, 1.165) is 38.0 Å². The Morgan fingerprint density at radius 3 is 3.05 bits per heavy atom. The van der Waals surface area contributed by atoms with Crippen LogP contribution < -0.4 is 10.1 Å². The molecule has 0 aromatic heterocycles. The number of hydrogen-bond donors (Lipinski definition) is 1. The molecule has 2 aliphatic rings. The van der Waals surface area contributed by atoms with Crippen LogP contribution in [0.15, 0.2) is 24.3 Å². The maximum atomic E-state index is 12.4. The fourth-order valence-corrected chi connectivity index (χ4v) is 3.36. The molecule has 1 N–H and O–H groups in total. The van der Waals surface area contributed by atoms with Crippen LogP contribution in [0.25, 0.3) is 0 Å². The molecule has 114 valence electrons. The fraction of sp³-hybridized carbons (Fsp3) is 0.588. The summed E-state index contributed by atoms with van der Waals surface area (Å²) >= 11 is 0. The zero-order valence-electron chi connectivity index (χ0n) is 12.7. The molecule has 1 aromatic rings. The molecule has 4 heteroatoms. The van der Waals surface area contributed by atoms with E-state index in [2.05, 4.69) is 18.3 Å². The number of nitrogens with one attached hydrogen (secondary N) is 1. The molecule has 2 aliphatic heterocycles. The van der Waals surface area contributed by atoms with Crippen LogP contribution in [0.2, 0.25) is 0 Å². The Kier molecular flexibility index (Phi) is 4.32. The van der Waals surface area contributed by atoms with Crippen molar-refractivity contribution in [3.05, 3.63) is 29.8 Å². The first-order valence-electron chi connectivity index (χ1n) is 8.07. The quantitative estimate of drug-likeness (QED) is 0.929. The van der Waals surface area contributed by atoms with Crippen LogP contribution in [-0.2, 0) is 6.42 Å². The minimum absolute atomic E-state index is 0.0659. The number of rotatable bonds is 3. The molecule has 2 unspecified atom stereocenters. The Bertz CT molecular complexity index is 478. The van der Waals surface area contributed by atoms with Gasteiger partial charge in [-0.25, -0.2) is 4.79 Å². The number of fused-ring (bicyclic) bond motifs is 1. The summed E-state index contributed by atoms with van der Waals surface area (Å²) in [5.74, 6) is 0.959. The highest BCUT2D eigenvalue weighted by Gasteiger charge is 2.27. The van der Waals surface area contributed by atoms with Gasteiger partial charge in [0.15, 0.2) is 0 Å². The average molecular weight is 288 g/mol. The van der Waals surface area contributed by atoms with E-state index in [1.807, 2.05) is 23.1 Å². The van der Waals surface area contributed by atoms with Crippen LogP contribution in [0.5, 0.6) is 5.75 Å². The second-order valence-corrected chi connectivity index (χ2v) is 5.99. The molecule has 2 heterocycles. The van der Waals surface area contributed by atoms with Gasteiger partial charge in [0, 0.05) is 19.0 Å². The van der Waals surface area contributed by atoms with Gasteiger partial charge < -0.3 is 15.0 Å². The van der Waals surface area contributed by atoms with Crippen molar-refractivity contribution in [2.75, 3.05) is 13.1 Å². The van der Waals surface area contributed by atoms with Gasteiger partial charge in [-0.2, -0.15) is 0 Å². The molecule has 3 rings (SSSR count). The van der Waals surface area contributed by atoms with Gasteiger partial charge >= 0.3 is 6.03 Å². The number of benzene rings is 1. The molecule has 0 saturated carbocycles. The lowest BCUT2D eigenvalue weighted by atomic mass is 10.0. The summed E-state index contributed by atoms with van der Waals surface area (Å²) in [5.41, 5.74) is 1.24. The molecular formula is C17H24N2O2. The third kappa shape index (κ3) is 3.14. The van der Waals surface area contributed by atoms with E-state index < -0.39 is 0 Å². The largest absolute Gasteiger partial charge is 0.488 e. The standard InChI is InChI=1S/C17H24N2O2/c1-2-14-8-5-6-10-19(14)17(20)18-12-15-11-13-7-3-4-9-16(13)21-15/h3-4,7,9,14-15H,2,5-6,8,10-12H2,1H3,(H,18,20). The predicted molar refractivity (Wildman–Crippen MR) is 82.6 cm³/mol. The maximum absolute atomic E-state index is 12.4. The second kappa shape index (κ2) is 6.37. The van der Waals surface area contributed by atoms with Crippen molar-refractivity contribution in [3.8, 4) is 5.75 Å². The maximum Gasteiger partial charge on any atom is 0.317 e. The molecule has 1 aromatic carbocycles. The lowest BCUT2D eigenvalue weighted by molar-refractivity contribution is 0.143. The van der Waals surface area contributed by atoms with Gasteiger partial charge in [-0.05, 0) is 37.3 Å². The number of likely N-dealkylation sites (tertiary alicyclic amines) is 1. The third-order valence-corrected chi connectivity index (χ3v) is 4.55. The van der Waals surface area contributed by atoms with E-state index >= 15 is 0 Å². The Balaban J connectivity index is 1.50. The van der Waals surface area contributed by atoms with Gasteiger partial charge in [-0.3, -0.25) is 0 Å². The molecular weight excluding hydrogens is 264 g/mol. The summed E-state index contributed by atoms with van der Waals surface area (Å²) in [6, 6.07) is 8.58. The SMILES string of the molecule is CCC1CCCCN1C(=O)NCC1Cc2ccccc2O1. The summed E-state index contributed by atoms with van der Waals surface area (Å²) in [6.45, 7) is 3.63. The van der Waals surface area contributed by atoms with E-state index in [1.165, 1.54) is 12.0 Å². The normalized spacial score (nSPS) is 24.3. The highest BCUT2D eigenvalue weighted by molar-refractivity contribution is 5.74. The van der Waals surface area contributed by atoms with Gasteiger partial charge in [0.05, 0.1) is 6.54 Å². The summed E-state index contributed by atoms with van der Waals surface area (Å²) in [4.78, 5) is 14.4. The zero-order chi connectivity index (χ0) is 14.7. The van der Waals surface area contributed by atoms with Gasteiger partial charge in [0.2, 0.25) is 0 Å².